The molecule has 0 N–H and O–H groups in total. The number of ether oxygens (including phenoxy) is 2. The van der Waals surface area contributed by atoms with Crippen LogP contribution >= 0.6 is 0 Å². The van der Waals surface area contributed by atoms with Crippen LogP contribution in [0.15, 0.2) is 51.9 Å². The number of fused-ring (bicyclic) bond motifs is 1. The molecule has 0 saturated carbocycles. The van der Waals surface area contributed by atoms with Gasteiger partial charge in [0.1, 0.15) is 5.82 Å². The molecule has 4 rings (SSSR count). The molecular formula is C23H15F7N2O4. The molecular weight excluding hydrogens is 501 g/mol. The highest BCUT2D eigenvalue weighted by Crippen LogP contribution is 2.41. The molecule has 0 fully saturated rings. The van der Waals surface area contributed by atoms with Gasteiger partial charge in [0, 0.05) is 11.8 Å². The van der Waals surface area contributed by atoms with E-state index in [0.29, 0.717) is 18.2 Å². The van der Waals surface area contributed by atoms with Gasteiger partial charge in [0.25, 0.3) is 0 Å². The Hall–Kier alpha value is -4.03. The zero-order chi connectivity index (χ0) is 26.4. The largest absolute Gasteiger partial charge is 0.493 e. The summed E-state index contributed by atoms with van der Waals surface area (Å²) >= 11 is 0. The summed E-state index contributed by atoms with van der Waals surface area (Å²) in [6.45, 7) is -0.627. The third-order valence-corrected chi connectivity index (χ3v) is 5.29. The predicted octanol–water partition coefficient (Wildman–Crippen LogP) is 5.90. The van der Waals surface area contributed by atoms with Gasteiger partial charge in [0.05, 0.1) is 43.5 Å². The number of methoxy groups -OCH3 is 2. The molecule has 2 heterocycles. The monoisotopic (exact) mass is 516 g/mol. The number of rotatable bonds is 5. The summed E-state index contributed by atoms with van der Waals surface area (Å²) in [6.07, 6.45) is -8.12. The van der Waals surface area contributed by atoms with Crippen molar-refractivity contribution in [3.05, 3.63) is 75.7 Å². The van der Waals surface area contributed by atoms with Crippen molar-refractivity contribution in [2.24, 2.45) is 0 Å². The first kappa shape index (κ1) is 25.1. The van der Waals surface area contributed by atoms with Crippen molar-refractivity contribution in [1.82, 2.24) is 9.78 Å². The Bertz CT molecular complexity index is 1500. The molecule has 4 aromatic rings. The van der Waals surface area contributed by atoms with Crippen molar-refractivity contribution in [2.75, 3.05) is 14.2 Å². The molecule has 2 aromatic heterocycles. The van der Waals surface area contributed by atoms with Crippen LogP contribution in [-0.2, 0) is 18.9 Å². The van der Waals surface area contributed by atoms with E-state index in [0.717, 1.165) is 24.2 Å². The third kappa shape index (κ3) is 4.48. The molecule has 0 aliphatic carbocycles. The van der Waals surface area contributed by atoms with Crippen LogP contribution in [0, 0.1) is 5.82 Å². The molecule has 0 radical (unpaired) electrons. The van der Waals surface area contributed by atoms with Crippen LogP contribution in [-0.4, -0.2) is 24.0 Å². The Balaban J connectivity index is 1.88. The molecule has 190 valence electrons. The molecule has 0 unspecified atom stereocenters. The van der Waals surface area contributed by atoms with E-state index in [-0.39, 0.29) is 22.4 Å². The van der Waals surface area contributed by atoms with Crippen LogP contribution in [0.25, 0.3) is 22.1 Å². The van der Waals surface area contributed by atoms with Crippen LogP contribution in [0.1, 0.15) is 16.9 Å². The summed E-state index contributed by atoms with van der Waals surface area (Å²) in [4.78, 5) is 13.2. The van der Waals surface area contributed by atoms with Gasteiger partial charge in [0.15, 0.2) is 11.3 Å². The van der Waals surface area contributed by atoms with Gasteiger partial charge in [-0.05, 0) is 35.9 Å². The van der Waals surface area contributed by atoms with Crippen LogP contribution < -0.4 is 14.9 Å². The smallest absolute Gasteiger partial charge is 0.450 e. The molecule has 13 heteroatoms. The maximum Gasteiger partial charge on any atom is 0.450 e. The fraction of sp³-hybridized carbons (Fsp3) is 0.217. The lowest BCUT2D eigenvalue weighted by atomic mass is 10.0. The van der Waals surface area contributed by atoms with E-state index < -0.39 is 58.2 Å². The van der Waals surface area contributed by atoms with Crippen molar-refractivity contribution < 1.29 is 44.6 Å². The molecule has 0 atom stereocenters. The number of hydrogen-bond donors (Lipinski definition) is 0. The van der Waals surface area contributed by atoms with Gasteiger partial charge >= 0.3 is 12.4 Å². The van der Waals surface area contributed by atoms with E-state index in [2.05, 4.69) is 5.10 Å². The summed E-state index contributed by atoms with van der Waals surface area (Å²) in [5.74, 6) is -2.81. The second-order valence-electron chi connectivity index (χ2n) is 7.54. The predicted molar refractivity (Wildman–Crippen MR) is 112 cm³/mol. The number of alkyl halides is 6. The summed E-state index contributed by atoms with van der Waals surface area (Å²) in [6, 6.07) is 4.34. The minimum Gasteiger partial charge on any atom is -0.493 e. The lowest BCUT2D eigenvalue weighted by Crippen LogP contribution is -2.16. The van der Waals surface area contributed by atoms with Crippen LogP contribution in [0.5, 0.6) is 11.5 Å². The lowest BCUT2D eigenvalue weighted by molar-refractivity contribution is -0.152. The lowest BCUT2D eigenvalue weighted by Gasteiger charge is -2.14. The number of benzene rings is 2. The normalized spacial score (nSPS) is 12.2. The van der Waals surface area contributed by atoms with E-state index in [4.69, 9.17) is 13.9 Å². The Labute approximate surface area is 197 Å². The van der Waals surface area contributed by atoms with E-state index in [1.165, 1.54) is 19.2 Å². The van der Waals surface area contributed by atoms with Gasteiger partial charge in [-0.3, -0.25) is 9.48 Å². The number of hydrogen-bond acceptors (Lipinski definition) is 5. The standard InChI is InChI=1S/C23H15F7N2O4/c1-34-16-6-4-14-18(33)17(21(23(28,29)30)36-19(14)20(16)35-2)12-8-31-32(10-12)9-11-7-13(24)3-5-15(11)22(25,26)27/h3-8,10H,9H2,1-2H3. The molecule has 6 nitrogen and oxygen atoms in total. The Morgan fingerprint density at radius 3 is 2.33 bits per heavy atom. The van der Waals surface area contributed by atoms with E-state index in [9.17, 15) is 35.5 Å². The van der Waals surface area contributed by atoms with Gasteiger partial charge in [-0.25, -0.2) is 4.39 Å². The Morgan fingerprint density at radius 1 is 1.00 bits per heavy atom. The van der Waals surface area contributed by atoms with Crippen LogP contribution in [0.4, 0.5) is 30.7 Å². The fourth-order valence-corrected chi connectivity index (χ4v) is 3.75. The topological polar surface area (TPSA) is 66.5 Å². The number of aromatic nitrogens is 2. The Morgan fingerprint density at radius 2 is 1.72 bits per heavy atom. The highest BCUT2D eigenvalue weighted by atomic mass is 19.4. The summed E-state index contributed by atoms with van der Waals surface area (Å²) in [5.41, 5.74) is -4.48. The highest BCUT2D eigenvalue weighted by molar-refractivity contribution is 5.89. The minimum atomic E-state index is -5.13. The summed E-state index contributed by atoms with van der Waals surface area (Å²) in [5, 5.41) is 3.52. The third-order valence-electron chi connectivity index (χ3n) is 5.29. The summed E-state index contributed by atoms with van der Waals surface area (Å²) in [7, 11) is 2.40. The number of nitrogens with zero attached hydrogens (tertiary/aromatic N) is 2. The van der Waals surface area contributed by atoms with Crippen molar-refractivity contribution in [2.45, 2.75) is 18.9 Å². The maximum atomic E-state index is 13.9. The first-order valence-corrected chi connectivity index (χ1v) is 10.0. The van der Waals surface area contributed by atoms with Crippen LogP contribution in [0.2, 0.25) is 0 Å². The molecule has 0 aliphatic heterocycles. The van der Waals surface area contributed by atoms with Gasteiger partial charge < -0.3 is 13.9 Å². The second-order valence-corrected chi connectivity index (χ2v) is 7.54. The fourth-order valence-electron chi connectivity index (χ4n) is 3.75. The molecule has 0 aliphatic rings. The second kappa shape index (κ2) is 8.88. The quantitative estimate of drug-likeness (QED) is 0.309. The van der Waals surface area contributed by atoms with Crippen molar-refractivity contribution >= 4 is 11.0 Å². The maximum absolute atomic E-state index is 13.9. The van der Waals surface area contributed by atoms with Crippen molar-refractivity contribution in [3.63, 3.8) is 0 Å². The van der Waals surface area contributed by atoms with Gasteiger partial charge in [-0.2, -0.15) is 31.4 Å². The Kier molecular flexibility index (Phi) is 6.18. The number of halogens is 7. The minimum absolute atomic E-state index is 0.0254. The van der Waals surface area contributed by atoms with E-state index in [1.807, 2.05) is 0 Å². The zero-order valence-corrected chi connectivity index (χ0v) is 18.4. The molecule has 2 aromatic carbocycles. The SMILES string of the molecule is COc1ccc2c(=O)c(-c3cnn(Cc4cc(F)ccc4C(F)(F)F)c3)c(C(F)(F)F)oc2c1OC. The summed E-state index contributed by atoms with van der Waals surface area (Å²) < 4.78 is 111. The van der Waals surface area contributed by atoms with Gasteiger partial charge in [-0.15, -0.1) is 0 Å². The first-order chi connectivity index (χ1) is 16.8. The highest BCUT2D eigenvalue weighted by Gasteiger charge is 2.40. The zero-order valence-electron chi connectivity index (χ0n) is 18.4. The van der Waals surface area contributed by atoms with E-state index in [1.54, 1.807) is 0 Å². The molecule has 0 spiro atoms. The molecule has 0 saturated heterocycles. The van der Waals surface area contributed by atoms with Gasteiger partial charge in [-0.1, -0.05) is 0 Å². The van der Waals surface area contributed by atoms with Crippen molar-refractivity contribution in [1.29, 1.82) is 0 Å². The van der Waals surface area contributed by atoms with Crippen LogP contribution in [0.3, 0.4) is 0 Å². The molecule has 0 bridgehead atoms. The average Bonchev–Trinajstić information content (AvgIpc) is 3.24. The van der Waals surface area contributed by atoms with E-state index >= 15 is 0 Å². The molecule has 0 amide bonds. The van der Waals surface area contributed by atoms with Gasteiger partial charge in [0.2, 0.25) is 16.9 Å². The average molecular weight is 516 g/mol. The van der Waals surface area contributed by atoms with Crippen molar-refractivity contribution in [3.8, 4) is 22.6 Å². The molecule has 36 heavy (non-hydrogen) atoms. The first-order valence-electron chi connectivity index (χ1n) is 10.0.